The molecule has 2 aromatic heterocycles. The van der Waals surface area contributed by atoms with E-state index in [1.54, 1.807) is 18.3 Å². The summed E-state index contributed by atoms with van der Waals surface area (Å²) >= 11 is 5.78. The maximum Gasteiger partial charge on any atom is 0.243 e. The van der Waals surface area contributed by atoms with E-state index in [9.17, 15) is 8.42 Å². The van der Waals surface area contributed by atoms with E-state index >= 15 is 0 Å². The fourth-order valence-corrected chi connectivity index (χ4v) is 2.97. The Labute approximate surface area is 121 Å². The smallest absolute Gasteiger partial charge is 0.243 e. The lowest BCUT2D eigenvalue weighted by Crippen LogP contribution is -2.23. The van der Waals surface area contributed by atoms with Crippen LogP contribution in [0.25, 0.3) is 0 Å². The van der Waals surface area contributed by atoms with Crippen LogP contribution in [-0.2, 0) is 16.6 Å². The number of hydrogen-bond donors (Lipinski definition) is 1. The van der Waals surface area contributed by atoms with Crippen LogP contribution in [0, 0.1) is 0 Å². The summed E-state index contributed by atoms with van der Waals surface area (Å²) < 4.78 is 31.6. The molecule has 0 aliphatic heterocycles. The molecule has 20 heavy (non-hydrogen) atoms. The van der Waals surface area contributed by atoms with E-state index in [1.165, 1.54) is 25.4 Å². The summed E-state index contributed by atoms with van der Waals surface area (Å²) in [6.07, 6.45) is 2.97. The Kier molecular flexibility index (Phi) is 4.53. The van der Waals surface area contributed by atoms with Gasteiger partial charge in [0.1, 0.15) is 10.0 Å². The summed E-state index contributed by atoms with van der Waals surface area (Å²) in [5.74, 6) is 0.418. The number of sulfonamides is 1. The van der Waals surface area contributed by atoms with Gasteiger partial charge in [-0.2, -0.15) is 0 Å². The highest BCUT2D eigenvalue weighted by atomic mass is 35.5. The van der Waals surface area contributed by atoms with Crippen LogP contribution in [0.5, 0.6) is 5.88 Å². The van der Waals surface area contributed by atoms with Crippen LogP contribution < -0.4 is 9.46 Å². The quantitative estimate of drug-likeness (QED) is 0.848. The number of methoxy groups -OCH3 is 1. The summed E-state index contributed by atoms with van der Waals surface area (Å²) in [7, 11) is -2.22. The molecule has 8 heteroatoms. The van der Waals surface area contributed by atoms with Gasteiger partial charge in [0.15, 0.2) is 0 Å². The molecular weight excluding hydrogens is 302 g/mol. The van der Waals surface area contributed by atoms with E-state index in [0.717, 1.165) is 5.56 Å². The predicted octanol–water partition coefficient (Wildman–Crippen LogP) is 1.62. The van der Waals surface area contributed by atoms with Crippen molar-refractivity contribution in [3.05, 3.63) is 47.4 Å². The summed E-state index contributed by atoms with van der Waals surface area (Å²) in [5, 5.41) is -0.0627. The van der Waals surface area contributed by atoms with Gasteiger partial charge >= 0.3 is 0 Å². The fourth-order valence-electron chi connectivity index (χ4n) is 1.50. The monoisotopic (exact) mass is 313 g/mol. The van der Waals surface area contributed by atoms with E-state index in [2.05, 4.69) is 14.7 Å². The summed E-state index contributed by atoms with van der Waals surface area (Å²) in [5.41, 5.74) is 0.723. The summed E-state index contributed by atoms with van der Waals surface area (Å²) in [6.45, 7) is 0.104. The highest BCUT2D eigenvalue weighted by Gasteiger charge is 2.17. The molecule has 0 unspecified atom stereocenters. The second-order valence-corrected chi connectivity index (χ2v) is 5.92. The molecule has 2 rings (SSSR count). The molecule has 2 aromatic rings. The van der Waals surface area contributed by atoms with Crippen LogP contribution in [0.15, 0.2) is 41.6 Å². The molecule has 0 amide bonds. The fraction of sp³-hybridized carbons (Fsp3) is 0.167. The van der Waals surface area contributed by atoms with Crippen molar-refractivity contribution < 1.29 is 13.2 Å². The Hall–Kier alpha value is -1.70. The van der Waals surface area contributed by atoms with Gasteiger partial charge in [-0.3, -0.25) is 0 Å². The van der Waals surface area contributed by atoms with Gasteiger partial charge in [-0.15, -0.1) is 0 Å². The Balaban J connectivity index is 2.15. The van der Waals surface area contributed by atoms with Gasteiger partial charge in [0.05, 0.1) is 7.11 Å². The zero-order valence-corrected chi connectivity index (χ0v) is 12.1. The van der Waals surface area contributed by atoms with E-state index in [1.807, 2.05) is 0 Å². The van der Waals surface area contributed by atoms with Crippen molar-refractivity contribution in [2.45, 2.75) is 11.4 Å². The highest BCUT2D eigenvalue weighted by Crippen LogP contribution is 2.18. The molecule has 0 saturated carbocycles. The largest absolute Gasteiger partial charge is 0.481 e. The average molecular weight is 314 g/mol. The van der Waals surface area contributed by atoms with Crippen molar-refractivity contribution in [3.8, 4) is 5.88 Å². The van der Waals surface area contributed by atoms with Crippen molar-refractivity contribution in [2.75, 3.05) is 7.11 Å². The van der Waals surface area contributed by atoms with E-state index in [4.69, 9.17) is 16.3 Å². The minimum atomic E-state index is -3.71. The number of rotatable bonds is 5. The number of pyridine rings is 2. The predicted molar refractivity (Wildman–Crippen MR) is 74.1 cm³/mol. The Bertz CT molecular complexity index is 707. The van der Waals surface area contributed by atoms with Crippen LogP contribution in [0.4, 0.5) is 0 Å². The van der Waals surface area contributed by atoms with Gasteiger partial charge in [-0.05, 0) is 23.8 Å². The third-order valence-electron chi connectivity index (χ3n) is 2.49. The van der Waals surface area contributed by atoms with Crippen molar-refractivity contribution in [3.63, 3.8) is 0 Å². The third kappa shape index (κ3) is 3.44. The average Bonchev–Trinajstić information content (AvgIpc) is 2.46. The lowest BCUT2D eigenvalue weighted by atomic mass is 10.3. The lowest BCUT2D eigenvalue weighted by molar-refractivity contribution is 0.397. The molecule has 0 aliphatic rings. The van der Waals surface area contributed by atoms with Crippen molar-refractivity contribution in [2.24, 2.45) is 0 Å². The van der Waals surface area contributed by atoms with Gasteiger partial charge in [0.25, 0.3) is 0 Å². The molecule has 0 atom stereocenters. The number of nitrogens with zero attached hydrogens (tertiary/aromatic N) is 2. The van der Waals surface area contributed by atoms with Crippen LogP contribution >= 0.6 is 11.6 Å². The third-order valence-corrected chi connectivity index (χ3v) is 4.34. The first-order valence-electron chi connectivity index (χ1n) is 5.62. The molecule has 2 heterocycles. The molecule has 0 saturated heterocycles. The van der Waals surface area contributed by atoms with E-state index < -0.39 is 10.0 Å². The first-order chi connectivity index (χ1) is 9.53. The van der Waals surface area contributed by atoms with E-state index in [-0.39, 0.29) is 16.6 Å². The molecule has 0 fully saturated rings. The maximum absolute atomic E-state index is 12.1. The van der Waals surface area contributed by atoms with Crippen LogP contribution in [0.3, 0.4) is 0 Å². The Morgan fingerprint density at radius 3 is 2.80 bits per heavy atom. The molecule has 0 bridgehead atoms. The zero-order chi connectivity index (χ0) is 14.6. The molecule has 106 valence electrons. The number of halogens is 1. The van der Waals surface area contributed by atoms with Gasteiger partial charge in [-0.1, -0.05) is 11.6 Å². The minimum absolute atomic E-state index is 0.0531. The second-order valence-electron chi connectivity index (χ2n) is 3.82. The molecule has 6 nitrogen and oxygen atoms in total. The molecular formula is C12H12ClN3O3S. The molecule has 0 radical (unpaired) electrons. The van der Waals surface area contributed by atoms with Crippen LogP contribution in [-0.4, -0.2) is 25.5 Å². The van der Waals surface area contributed by atoms with Crippen molar-refractivity contribution in [1.29, 1.82) is 0 Å². The van der Waals surface area contributed by atoms with Crippen LogP contribution in [0.2, 0.25) is 5.15 Å². The first-order valence-corrected chi connectivity index (χ1v) is 7.48. The maximum atomic E-state index is 12.1. The molecule has 1 N–H and O–H groups in total. The number of hydrogen-bond acceptors (Lipinski definition) is 5. The SMILES string of the molecule is COc1cc(CNS(=O)(=O)c2cccnc2Cl)ccn1. The Morgan fingerprint density at radius 2 is 2.10 bits per heavy atom. The van der Waals surface area contributed by atoms with Gasteiger partial charge < -0.3 is 4.74 Å². The molecule has 0 aliphatic carbocycles. The second kappa shape index (κ2) is 6.17. The topological polar surface area (TPSA) is 81.2 Å². The lowest BCUT2D eigenvalue weighted by Gasteiger charge is -2.08. The summed E-state index contributed by atoms with van der Waals surface area (Å²) in [4.78, 5) is 7.64. The van der Waals surface area contributed by atoms with E-state index in [0.29, 0.717) is 5.88 Å². The van der Waals surface area contributed by atoms with Gasteiger partial charge in [0, 0.05) is 25.0 Å². The van der Waals surface area contributed by atoms with Crippen molar-refractivity contribution >= 4 is 21.6 Å². The Morgan fingerprint density at radius 1 is 1.30 bits per heavy atom. The molecule has 0 spiro atoms. The number of nitrogens with one attached hydrogen (secondary N) is 1. The van der Waals surface area contributed by atoms with Crippen molar-refractivity contribution in [1.82, 2.24) is 14.7 Å². The number of aromatic nitrogens is 2. The van der Waals surface area contributed by atoms with Crippen LogP contribution in [0.1, 0.15) is 5.56 Å². The van der Waals surface area contributed by atoms with Gasteiger partial charge in [-0.25, -0.2) is 23.1 Å². The zero-order valence-electron chi connectivity index (χ0n) is 10.6. The highest BCUT2D eigenvalue weighted by molar-refractivity contribution is 7.89. The first kappa shape index (κ1) is 14.7. The van der Waals surface area contributed by atoms with Gasteiger partial charge in [0.2, 0.25) is 15.9 Å². The minimum Gasteiger partial charge on any atom is -0.481 e. The standard InChI is InChI=1S/C12H12ClN3O3S/c1-19-11-7-9(4-6-14-11)8-16-20(17,18)10-3-2-5-15-12(10)13/h2-7,16H,8H2,1H3. The molecule has 0 aromatic carbocycles. The number of ether oxygens (including phenoxy) is 1. The summed E-state index contributed by atoms with van der Waals surface area (Å²) in [6, 6.07) is 6.24. The normalized spacial score (nSPS) is 11.3.